The maximum atomic E-state index is 5.49. The van der Waals surface area contributed by atoms with Crippen LogP contribution in [0.15, 0.2) is 36.5 Å². The van der Waals surface area contributed by atoms with Crippen molar-refractivity contribution >= 4 is 0 Å². The van der Waals surface area contributed by atoms with Gasteiger partial charge in [-0.3, -0.25) is 0 Å². The fourth-order valence-corrected chi connectivity index (χ4v) is 2.38. The minimum atomic E-state index is 0.650. The predicted molar refractivity (Wildman–Crippen MR) is 84.6 cm³/mol. The second-order valence-electron chi connectivity index (χ2n) is 4.83. The van der Waals surface area contributed by atoms with Crippen molar-refractivity contribution in [2.45, 2.75) is 13.0 Å². The number of hydrogen-bond donors (Lipinski definition) is 1. The van der Waals surface area contributed by atoms with Crippen molar-refractivity contribution in [2.24, 2.45) is 0 Å². The zero-order chi connectivity index (χ0) is 15.1. The lowest BCUT2D eigenvalue weighted by molar-refractivity contribution is 0.111. The highest BCUT2D eigenvalue weighted by Crippen LogP contribution is 2.30. The minimum absolute atomic E-state index is 0.650. The first-order valence-electron chi connectivity index (χ1n) is 7.07. The lowest BCUT2D eigenvalue weighted by Crippen LogP contribution is -2.10. The van der Waals surface area contributed by atoms with Gasteiger partial charge < -0.3 is 14.8 Å². The van der Waals surface area contributed by atoms with E-state index in [0.29, 0.717) is 12.5 Å². The number of nitrogens with one attached hydrogen (secondary N) is 1. The van der Waals surface area contributed by atoms with Crippen molar-refractivity contribution in [1.29, 1.82) is 0 Å². The van der Waals surface area contributed by atoms with Gasteiger partial charge in [-0.25, -0.2) is 4.98 Å². The second kappa shape index (κ2) is 7.76. The first-order chi connectivity index (χ1) is 10.3. The van der Waals surface area contributed by atoms with E-state index in [-0.39, 0.29) is 0 Å². The van der Waals surface area contributed by atoms with Crippen LogP contribution < -0.4 is 10.1 Å². The fourth-order valence-electron chi connectivity index (χ4n) is 2.38. The molecule has 0 aliphatic carbocycles. The van der Waals surface area contributed by atoms with Gasteiger partial charge in [0, 0.05) is 12.3 Å². The number of aromatic nitrogens is 1. The summed E-state index contributed by atoms with van der Waals surface area (Å²) in [5.74, 6) is 0.650. The summed E-state index contributed by atoms with van der Waals surface area (Å²) in [6.07, 6.45) is 2.75. The average Bonchev–Trinajstić information content (AvgIpc) is 2.55. The van der Waals surface area contributed by atoms with Crippen LogP contribution in [-0.2, 0) is 17.8 Å². The molecule has 4 nitrogen and oxygen atoms in total. The number of hydrogen-bond acceptors (Lipinski definition) is 4. The number of nitrogens with zero attached hydrogens (tertiary/aromatic N) is 1. The van der Waals surface area contributed by atoms with Gasteiger partial charge in [-0.05, 0) is 48.8 Å². The molecule has 2 heterocycles. The van der Waals surface area contributed by atoms with Gasteiger partial charge in [0.2, 0.25) is 5.88 Å². The molecule has 0 spiro atoms. The highest BCUT2D eigenvalue weighted by Gasteiger charge is 2.14. The lowest BCUT2D eigenvalue weighted by Gasteiger charge is -2.20. The minimum Gasteiger partial charge on any atom is -0.481 e. The SMILES string of the molecule is CNC.COc1cc(-c2cccc3c2CCOC3)ccn1. The summed E-state index contributed by atoms with van der Waals surface area (Å²) in [5, 5.41) is 2.75. The average molecular weight is 286 g/mol. The number of fused-ring (bicyclic) bond motifs is 1. The molecule has 1 aliphatic rings. The van der Waals surface area contributed by atoms with Crippen LogP contribution in [0.5, 0.6) is 5.88 Å². The zero-order valence-corrected chi connectivity index (χ0v) is 12.8. The van der Waals surface area contributed by atoms with Crippen LogP contribution in [0.25, 0.3) is 11.1 Å². The van der Waals surface area contributed by atoms with E-state index in [4.69, 9.17) is 9.47 Å². The molecule has 3 rings (SSSR count). The van der Waals surface area contributed by atoms with Gasteiger partial charge in [0.25, 0.3) is 0 Å². The Hall–Kier alpha value is -1.91. The molecular formula is C17H22N2O2. The van der Waals surface area contributed by atoms with Crippen LogP contribution in [0.4, 0.5) is 0 Å². The standard InChI is InChI=1S/C15H15NO2.C2H7N/c1-17-15-9-11(5-7-16-15)13-4-2-3-12-10-18-8-6-14(12)13;1-3-2/h2-5,7,9H,6,8,10H2,1H3;3H,1-2H3. The normalized spacial score (nSPS) is 12.9. The van der Waals surface area contributed by atoms with E-state index in [1.807, 2.05) is 26.2 Å². The Morgan fingerprint density at radius 1 is 1.24 bits per heavy atom. The summed E-state index contributed by atoms with van der Waals surface area (Å²) < 4.78 is 10.7. The van der Waals surface area contributed by atoms with E-state index in [9.17, 15) is 0 Å². The molecule has 112 valence electrons. The Balaban J connectivity index is 0.000000497. The van der Waals surface area contributed by atoms with E-state index in [0.717, 1.165) is 18.6 Å². The maximum Gasteiger partial charge on any atom is 0.213 e. The second-order valence-corrected chi connectivity index (χ2v) is 4.83. The quantitative estimate of drug-likeness (QED) is 0.922. The topological polar surface area (TPSA) is 43.4 Å². The molecule has 0 bridgehead atoms. The molecule has 0 radical (unpaired) electrons. The summed E-state index contributed by atoms with van der Waals surface area (Å²) >= 11 is 0. The number of benzene rings is 1. The van der Waals surface area contributed by atoms with E-state index < -0.39 is 0 Å². The van der Waals surface area contributed by atoms with Crippen LogP contribution in [0.1, 0.15) is 11.1 Å². The van der Waals surface area contributed by atoms with Gasteiger partial charge in [0.1, 0.15) is 0 Å². The molecule has 1 aromatic heterocycles. The van der Waals surface area contributed by atoms with Crippen molar-refractivity contribution in [3.63, 3.8) is 0 Å². The smallest absolute Gasteiger partial charge is 0.213 e. The number of ether oxygens (including phenoxy) is 2. The first kappa shape index (κ1) is 15.5. The fraction of sp³-hybridized carbons (Fsp3) is 0.353. The van der Waals surface area contributed by atoms with Crippen molar-refractivity contribution in [1.82, 2.24) is 10.3 Å². The molecule has 0 saturated carbocycles. The molecule has 4 heteroatoms. The number of pyridine rings is 1. The van der Waals surface area contributed by atoms with E-state index in [1.165, 1.54) is 16.7 Å². The van der Waals surface area contributed by atoms with Gasteiger partial charge in [-0.2, -0.15) is 0 Å². The number of methoxy groups -OCH3 is 1. The zero-order valence-electron chi connectivity index (χ0n) is 12.8. The molecule has 0 unspecified atom stereocenters. The summed E-state index contributed by atoms with van der Waals surface area (Å²) in [5.41, 5.74) is 5.09. The molecule has 1 aromatic carbocycles. The molecule has 0 saturated heterocycles. The van der Waals surface area contributed by atoms with Crippen LogP contribution in [0.3, 0.4) is 0 Å². The molecule has 0 atom stereocenters. The highest BCUT2D eigenvalue weighted by molar-refractivity contribution is 5.69. The summed E-state index contributed by atoms with van der Waals surface area (Å²) in [6, 6.07) is 10.4. The largest absolute Gasteiger partial charge is 0.481 e. The Morgan fingerprint density at radius 2 is 2.05 bits per heavy atom. The Morgan fingerprint density at radius 3 is 2.81 bits per heavy atom. The van der Waals surface area contributed by atoms with E-state index in [2.05, 4.69) is 28.5 Å². The molecule has 1 aliphatic heterocycles. The molecule has 1 N–H and O–H groups in total. The van der Waals surface area contributed by atoms with Crippen LogP contribution in [0, 0.1) is 0 Å². The third-order valence-electron chi connectivity index (χ3n) is 3.28. The van der Waals surface area contributed by atoms with E-state index in [1.54, 1.807) is 13.3 Å². The van der Waals surface area contributed by atoms with Gasteiger partial charge in [0.15, 0.2) is 0 Å². The first-order valence-corrected chi connectivity index (χ1v) is 7.07. The summed E-state index contributed by atoms with van der Waals surface area (Å²) in [6.45, 7) is 1.51. The lowest BCUT2D eigenvalue weighted by atomic mass is 9.93. The molecular weight excluding hydrogens is 264 g/mol. The number of rotatable bonds is 2. The molecule has 21 heavy (non-hydrogen) atoms. The predicted octanol–water partition coefficient (Wildman–Crippen LogP) is 2.67. The summed E-state index contributed by atoms with van der Waals surface area (Å²) in [4.78, 5) is 4.15. The van der Waals surface area contributed by atoms with Crippen LogP contribution in [0.2, 0.25) is 0 Å². The molecule has 2 aromatic rings. The van der Waals surface area contributed by atoms with Crippen LogP contribution >= 0.6 is 0 Å². The van der Waals surface area contributed by atoms with Crippen molar-refractivity contribution in [2.75, 3.05) is 27.8 Å². The van der Waals surface area contributed by atoms with Crippen molar-refractivity contribution < 1.29 is 9.47 Å². The van der Waals surface area contributed by atoms with Gasteiger partial charge >= 0.3 is 0 Å². The van der Waals surface area contributed by atoms with Crippen LogP contribution in [-0.4, -0.2) is 32.8 Å². The monoisotopic (exact) mass is 286 g/mol. The van der Waals surface area contributed by atoms with Gasteiger partial charge in [0.05, 0.1) is 20.3 Å². The maximum absolute atomic E-state index is 5.49. The summed E-state index contributed by atoms with van der Waals surface area (Å²) in [7, 11) is 5.39. The van der Waals surface area contributed by atoms with E-state index >= 15 is 0 Å². The van der Waals surface area contributed by atoms with Crippen molar-refractivity contribution in [3.05, 3.63) is 47.7 Å². The van der Waals surface area contributed by atoms with Crippen molar-refractivity contribution in [3.8, 4) is 17.0 Å². The molecule has 0 amide bonds. The van der Waals surface area contributed by atoms with Gasteiger partial charge in [-0.1, -0.05) is 18.2 Å². The highest BCUT2D eigenvalue weighted by atomic mass is 16.5. The third-order valence-corrected chi connectivity index (χ3v) is 3.28. The molecule has 0 fully saturated rings. The Labute approximate surface area is 126 Å². The van der Waals surface area contributed by atoms with Gasteiger partial charge in [-0.15, -0.1) is 0 Å². The Bertz CT molecular complexity index is 585. The Kier molecular flexibility index (Phi) is 5.72. The third kappa shape index (κ3) is 3.80.